The van der Waals surface area contributed by atoms with E-state index in [9.17, 15) is 9.59 Å². The zero-order valence-corrected chi connectivity index (χ0v) is 15.0. The molecule has 2 amide bonds. The lowest BCUT2D eigenvalue weighted by Gasteiger charge is -2.34. The molecule has 7 heteroatoms. The SMILES string of the molecule is CN=C(NCC(=O)NC(C)(C)C)N1CCC(CC(=O)NC)CC1. The van der Waals surface area contributed by atoms with Crippen LogP contribution < -0.4 is 16.0 Å². The van der Waals surface area contributed by atoms with E-state index in [1.807, 2.05) is 20.8 Å². The molecule has 3 N–H and O–H groups in total. The average Bonchev–Trinajstić information content (AvgIpc) is 2.47. The molecule has 1 rings (SSSR count). The Bertz CT molecular complexity index is 434. The van der Waals surface area contributed by atoms with Crippen molar-refractivity contribution < 1.29 is 9.59 Å². The van der Waals surface area contributed by atoms with E-state index in [1.165, 1.54) is 0 Å². The lowest BCUT2D eigenvalue weighted by atomic mass is 9.93. The van der Waals surface area contributed by atoms with Gasteiger partial charge in [-0.1, -0.05) is 0 Å². The van der Waals surface area contributed by atoms with Crippen molar-refractivity contribution in [2.45, 2.75) is 45.6 Å². The van der Waals surface area contributed by atoms with Crippen LogP contribution >= 0.6 is 0 Å². The molecule has 1 fully saturated rings. The van der Waals surface area contributed by atoms with E-state index in [0.717, 1.165) is 31.9 Å². The normalized spacial score (nSPS) is 16.9. The predicted molar refractivity (Wildman–Crippen MR) is 92.2 cm³/mol. The quantitative estimate of drug-likeness (QED) is 0.513. The molecular formula is C16H31N5O2. The first-order chi connectivity index (χ1) is 10.7. The standard InChI is InChI=1S/C16H31N5O2/c1-16(2,3)20-14(23)11-19-15(18-5)21-8-6-12(7-9-21)10-13(22)17-4/h12H,6-11H2,1-5H3,(H,17,22)(H,18,19)(H,20,23). The van der Waals surface area contributed by atoms with Crippen LogP contribution in [0.3, 0.4) is 0 Å². The minimum Gasteiger partial charge on any atom is -0.359 e. The van der Waals surface area contributed by atoms with Crippen molar-refractivity contribution in [3.63, 3.8) is 0 Å². The molecule has 0 aromatic rings. The molecule has 7 nitrogen and oxygen atoms in total. The fraction of sp³-hybridized carbons (Fsp3) is 0.812. The molecule has 0 aromatic carbocycles. The van der Waals surface area contributed by atoms with Crippen LogP contribution in [0.25, 0.3) is 0 Å². The Morgan fingerprint density at radius 3 is 2.26 bits per heavy atom. The molecule has 0 saturated carbocycles. The van der Waals surface area contributed by atoms with Crippen LogP contribution in [-0.4, -0.2) is 61.9 Å². The van der Waals surface area contributed by atoms with Gasteiger partial charge in [-0.05, 0) is 39.5 Å². The number of guanidine groups is 1. The van der Waals surface area contributed by atoms with Crippen molar-refractivity contribution in [1.82, 2.24) is 20.9 Å². The highest BCUT2D eigenvalue weighted by Gasteiger charge is 2.23. The summed E-state index contributed by atoms with van der Waals surface area (Å²) >= 11 is 0. The number of likely N-dealkylation sites (tertiary alicyclic amines) is 1. The van der Waals surface area contributed by atoms with E-state index < -0.39 is 0 Å². The number of piperidine rings is 1. The van der Waals surface area contributed by atoms with Crippen LogP contribution in [0, 0.1) is 5.92 Å². The molecule has 1 heterocycles. The zero-order valence-electron chi connectivity index (χ0n) is 15.0. The largest absolute Gasteiger partial charge is 0.359 e. The molecule has 132 valence electrons. The van der Waals surface area contributed by atoms with E-state index in [-0.39, 0.29) is 23.9 Å². The fourth-order valence-electron chi connectivity index (χ4n) is 2.67. The highest BCUT2D eigenvalue weighted by molar-refractivity contribution is 5.86. The van der Waals surface area contributed by atoms with Crippen molar-refractivity contribution in [2.75, 3.05) is 33.7 Å². The van der Waals surface area contributed by atoms with Crippen molar-refractivity contribution in [1.29, 1.82) is 0 Å². The molecule has 0 spiro atoms. The lowest BCUT2D eigenvalue weighted by Crippen LogP contribution is -2.50. The molecule has 0 bridgehead atoms. The monoisotopic (exact) mass is 325 g/mol. The molecule has 1 saturated heterocycles. The molecule has 0 aliphatic carbocycles. The fourth-order valence-corrected chi connectivity index (χ4v) is 2.67. The number of hydrogen-bond acceptors (Lipinski definition) is 3. The number of aliphatic imine (C=N–C) groups is 1. The Balaban J connectivity index is 2.40. The summed E-state index contributed by atoms with van der Waals surface area (Å²) in [7, 11) is 3.40. The van der Waals surface area contributed by atoms with Crippen molar-refractivity contribution in [2.24, 2.45) is 10.9 Å². The molecule has 0 atom stereocenters. The third kappa shape index (κ3) is 7.34. The summed E-state index contributed by atoms with van der Waals surface area (Å²) < 4.78 is 0. The van der Waals surface area contributed by atoms with Gasteiger partial charge in [0, 0.05) is 39.1 Å². The molecule has 0 aromatic heterocycles. The minimum absolute atomic E-state index is 0.0480. The van der Waals surface area contributed by atoms with Gasteiger partial charge in [-0.3, -0.25) is 14.6 Å². The second kappa shape index (κ2) is 8.74. The first-order valence-corrected chi connectivity index (χ1v) is 8.22. The Kier molecular flexibility index (Phi) is 7.32. The van der Waals surface area contributed by atoms with Gasteiger partial charge < -0.3 is 20.9 Å². The van der Waals surface area contributed by atoms with Gasteiger partial charge in [0.15, 0.2) is 5.96 Å². The lowest BCUT2D eigenvalue weighted by molar-refractivity contribution is -0.122. The van der Waals surface area contributed by atoms with Gasteiger partial charge in [-0.2, -0.15) is 0 Å². The van der Waals surface area contributed by atoms with E-state index >= 15 is 0 Å². The van der Waals surface area contributed by atoms with Crippen LogP contribution in [0.2, 0.25) is 0 Å². The first kappa shape index (κ1) is 19.3. The van der Waals surface area contributed by atoms with Gasteiger partial charge in [0.25, 0.3) is 0 Å². The number of amides is 2. The maximum atomic E-state index is 11.9. The topological polar surface area (TPSA) is 85.8 Å². The number of nitrogens with one attached hydrogen (secondary N) is 3. The van der Waals surface area contributed by atoms with Gasteiger partial charge in [0.05, 0.1) is 6.54 Å². The van der Waals surface area contributed by atoms with Crippen LogP contribution in [0.15, 0.2) is 4.99 Å². The van der Waals surface area contributed by atoms with E-state index in [0.29, 0.717) is 12.3 Å². The predicted octanol–water partition coefficient (Wildman–Crippen LogP) is 0.325. The van der Waals surface area contributed by atoms with E-state index in [2.05, 4.69) is 25.8 Å². The van der Waals surface area contributed by atoms with E-state index in [4.69, 9.17) is 0 Å². The number of hydrogen-bond donors (Lipinski definition) is 3. The number of nitrogens with zero attached hydrogens (tertiary/aromatic N) is 2. The Hall–Kier alpha value is -1.79. The molecule has 0 unspecified atom stereocenters. The summed E-state index contributed by atoms with van der Waals surface area (Å²) in [5.41, 5.74) is -0.236. The zero-order chi connectivity index (χ0) is 17.5. The Morgan fingerprint density at radius 2 is 1.78 bits per heavy atom. The minimum atomic E-state index is -0.236. The van der Waals surface area contributed by atoms with Crippen LogP contribution in [0.4, 0.5) is 0 Å². The average molecular weight is 325 g/mol. The highest BCUT2D eigenvalue weighted by atomic mass is 16.2. The van der Waals surface area contributed by atoms with Gasteiger partial charge in [0.1, 0.15) is 0 Å². The van der Waals surface area contributed by atoms with Crippen molar-refractivity contribution >= 4 is 17.8 Å². The number of rotatable bonds is 4. The van der Waals surface area contributed by atoms with Crippen molar-refractivity contribution in [3.05, 3.63) is 0 Å². The van der Waals surface area contributed by atoms with Crippen molar-refractivity contribution in [3.8, 4) is 0 Å². The molecule has 1 aliphatic rings. The third-order valence-electron chi connectivity index (χ3n) is 3.80. The molecule has 23 heavy (non-hydrogen) atoms. The Labute approximate surface area is 139 Å². The van der Waals surface area contributed by atoms with Gasteiger partial charge in [-0.25, -0.2) is 0 Å². The number of carbonyl (C=O) groups excluding carboxylic acids is 2. The Morgan fingerprint density at radius 1 is 1.17 bits per heavy atom. The maximum Gasteiger partial charge on any atom is 0.239 e. The number of carbonyl (C=O) groups is 2. The van der Waals surface area contributed by atoms with E-state index in [1.54, 1.807) is 14.1 Å². The first-order valence-electron chi connectivity index (χ1n) is 8.22. The van der Waals surface area contributed by atoms with Crippen LogP contribution in [0.5, 0.6) is 0 Å². The van der Waals surface area contributed by atoms with Crippen LogP contribution in [0.1, 0.15) is 40.0 Å². The molecular weight excluding hydrogens is 294 g/mol. The summed E-state index contributed by atoms with van der Waals surface area (Å²) in [5, 5.41) is 8.71. The summed E-state index contributed by atoms with van der Waals surface area (Å²) in [6.07, 6.45) is 2.51. The summed E-state index contributed by atoms with van der Waals surface area (Å²) in [6, 6.07) is 0. The smallest absolute Gasteiger partial charge is 0.239 e. The second-order valence-electron chi connectivity index (χ2n) is 7.01. The second-order valence-corrected chi connectivity index (χ2v) is 7.01. The maximum absolute atomic E-state index is 11.9. The summed E-state index contributed by atoms with van der Waals surface area (Å²) in [4.78, 5) is 29.7. The van der Waals surface area contributed by atoms with Gasteiger partial charge >= 0.3 is 0 Å². The van der Waals surface area contributed by atoms with Gasteiger partial charge in [0.2, 0.25) is 11.8 Å². The third-order valence-corrected chi connectivity index (χ3v) is 3.80. The van der Waals surface area contributed by atoms with Gasteiger partial charge in [-0.15, -0.1) is 0 Å². The molecule has 0 radical (unpaired) electrons. The highest BCUT2D eigenvalue weighted by Crippen LogP contribution is 2.20. The van der Waals surface area contributed by atoms with Crippen LogP contribution in [-0.2, 0) is 9.59 Å². The summed E-state index contributed by atoms with van der Waals surface area (Å²) in [5.74, 6) is 1.22. The molecule has 1 aliphatic heterocycles. The summed E-state index contributed by atoms with van der Waals surface area (Å²) in [6.45, 7) is 7.78.